The molecule has 2 aromatic rings. The summed E-state index contributed by atoms with van der Waals surface area (Å²) in [5.74, 6) is -0.318. The van der Waals surface area contributed by atoms with Gasteiger partial charge >= 0.3 is 5.97 Å². The van der Waals surface area contributed by atoms with E-state index in [1.165, 1.54) is 30.3 Å². The summed E-state index contributed by atoms with van der Waals surface area (Å²) in [5, 5.41) is 14.6. The van der Waals surface area contributed by atoms with Crippen molar-refractivity contribution in [1.82, 2.24) is 9.78 Å². The van der Waals surface area contributed by atoms with Crippen molar-refractivity contribution in [1.29, 1.82) is 0 Å². The molecule has 0 spiro atoms. The van der Waals surface area contributed by atoms with E-state index in [-0.39, 0.29) is 34.1 Å². The molecule has 27 heavy (non-hydrogen) atoms. The van der Waals surface area contributed by atoms with Crippen LogP contribution in [-0.4, -0.2) is 32.5 Å². The summed E-state index contributed by atoms with van der Waals surface area (Å²) in [5.41, 5.74) is 1.35. The minimum Gasteiger partial charge on any atom is -0.478 e. The molecule has 3 N–H and O–H groups in total. The Balaban J connectivity index is 1.77. The third-order valence-corrected chi connectivity index (χ3v) is 6.53. The highest BCUT2D eigenvalue weighted by atomic mass is 32.2. The number of rotatable bonds is 3. The molecule has 1 aromatic heterocycles. The molecule has 1 saturated carbocycles. The highest BCUT2D eigenvalue weighted by Crippen LogP contribution is 2.41. The first kappa shape index (κ1) is 17.9. The molecular weight excluding hydrogens is 366 g/mol. The van der Waals surface area contributed by atoms with Gasteiger partial charge in [0.25, 0.3) is 5.56 Å². The number of carboxylic acids is 1. The largest absolute Gasteiger partial charge is 0.478 e. The predicted octanol–water partition coefficient (Wildman–Crippen LogP) is 3.15. The van der Waals surface area contributed by atoms with E-state index < -0.39 is 5.97 Å². The van der Waals surface area contributed by atoms with Crippen LogP contribution in [0.3, 0.4) is 0 Å². The lowest BCUT2D eigenvalue weighted by molar-refractivity contribution is -0.113. The van der Waals surface area contributed by atoms with Crippen molar-refractivity contribution in [3.8, 4) is 0 Å². The second-order valence-corrected chi connectivity index (χ2v) is 8.12. The van der Waals surface area contributed by atoms with E-state index >= 15 is 0 Å². The molecule has 0 saturated heterocycles. The van der Waals surface area contributed by atoms with Crippen molar-refractivity contribution in [2.24, 2.45) is 0 Å². The van der Waals surface area contributed by atoms with Crippen molar-refractivity contribution >= 4 is 29.5 Å². The van der Waals surface area contributed by atoms with Gasteiger partial charge in [-0.25, -0.2) is 4.79 Å². The molecule has 2 aliphatic rings. The van der Waals surface area contributed by atoms with Crippen LogP contribution in [-0.2, 0) is 4.79 Å². The Kier molecular flexibility index (Phi) is 4.82. The maximum absolute atomic E-state index is 12.8. The molecule has 0 bridgehead atoms. The van der Waals surface area contributed by atoms with E-state index in [1.807, 2.05) is 4.68 Å². The number of carbonyl (C=O) groups excluding carboxylic acids is 1. The summed E-state index contributed by atoms with van der Waals surface area (Å²) >= 11 is 1.38. The van der Waals surface area contributed by atoms with Crippen LogP contribution in [0.15, 0.2) is 29.1 Å². The minimum absolute atomic E-state index is 0.130. The van der Waals surface area contributed by atoms with E-state index in [4.69, 9.17) is 5.11 Å². The molecule has 0 radical (unpaired) electrons. The van der Waals surface area contributed by atoms with Crippen LogP contribution in [0, 0.1) is 0 Å². The topological polar surface area (TPSA) is 104 Å². The number of aromatic carboxylic acids is 1. The van der Waals surface area contributed by atoms with Crippen molar-refractivity contribution < 1.29 is 14.7 Å². The number of aromatic nitrogens is 2. The van der Waals surface area contributed by atoms with E-state index in [0.29, 0.717) is 11.4 Å². The highest BCUT2D eigenvalue weighted by Gasteiger charge is 2.32. The number of amides is 1. The van der Waals surface area contributed by atoms with Crippen molar-refractivity contribution in [2.75, 3.05) is 11.1 Å². The van der Waals surface area contributed by atoms with Gasteiger partial charge < -0.3 is 10.4 Å². The lowest BCUT2D eigenvalue weighted by atomic mass is 9.95. The quantitative estimate of drug-likeness (QED) is 0.750. The average Bonchev–Trinajstić information content (AvgIpc) is 2.88. The van der Waals surface area contributed by atoms with Crippen LogP contribution in [0.2, 0.25) is 0 Å². The summed E-state index contributed by atoms with van der Waals surface area (Å²) in [6, 6.07) is 6.69. The van der Waals surface area contributed by atoms with Crippen molar-refractivity contribution in [3.05, 3.63) is 51.3 Å². The van der Waals surface area contributed by atoms with Crippen LogP contribution < -0.4 is 10.9 Å². The molecule has 1 fully saturated rings. The maximum Gasteiger partial charge on any atom is 0.335 e. The molecule has 2 heterocycles. The Hall–Kier alpha value is -2.48. The first-order valence-electron chi connectivity index (χ1n) is 9.13. The summed E-state index contributed by atoms with van der Waals surface area (Å²) in [6.45, 7) is 0. The van der Waals surface area contributed by atoms with Crippen LogP contribution in [0.5, 0.6) is 0 Å². The van der Waals surface area contributed by atoms with E-state index in [9.17, 15) is 14.4 Å². The smallest absolute Gasteiger partial charge is 0.335 e. The van der Waals surface area contributed by atoms with Crippen LogP contribution in [0.4, 0.5) is 5.82 Å². The zero-order valence-corrected chi connectivity index (χ0v) is 15.6. The molecule has 4 rings (SSSR count). The third-order valence-electron chi connectivity index (χ3n) is 5.26. The number of carboxylic acid groups (broad SMARTS) is 1. The van der Waals surface area contributed by atoms with Gasteiger partial charge in [0.15, 0.2) is 0 Å². The van der Waals surface area contributed by atoms with Gasteiger partial charge in [-0.1, -0.05) is 31.4 Å². The standard InChI is InChI=1S/C19H21N3O4S/c23-14-10-27-16(11-6-8-12(9-7-11)19(25)26)15-17(20-14)22(21-18(15)24)13-4-2-1-3-5-13/h6-9,13,16H,1-5,10H2,(H,20,23)(H,21,24)(H,25,26). The van der Waals surface area contributed by atoms with E-state index in [1.54, 1.807) is 12.1 Å². The Morgan fingerprint density at radius 3 is 2.48 bits per heavy atom. The first-order valence-corrected chi connectivity index (χ1v) is 10.2. The van der Waals surface area contributed by atoms with Crippen molar-refractivity contribution in [2.45, 2.75) is 43.4 Å². The predicted molar refractivity (Wildman–Crippen MR) is 104 cm³/mol. The lowest BCUT2D eigenvalue weighted by Crippen LogP contribution is -2.21. The number of carbonyl (C=O) groups is 2. The van der Waals surface area contributed by atoms with Gasteiger partial charge in [-0.2, -0.15) is 0 Å². The number of benzene rings is 1. The van der Waals surface area contributed by atoms with Crippen LogP contribution in [0.25, 0.3) is 0 Å². The zero-order valence-electron chi connectivity index (χ0n) is 14.7. The summed E-state index contributed by atoms with van der Waals surface area (Å²) in [4.78, 5) is 36.2. The van der Waals surface area contributed by atoms with Gasteiger partial charge in [-0.15, -0.1) is 11.8 Å². The number of hydrogen-bond acceptors (Lipinski definition) is 4. The Morgan fingerprint density at radius 2 is 1.81 bits per heavy atom. The number of H-pyrrole nitrogens is 1. The van der Waals surface area contributed by atoms with Gasteiger partial charge in [-0.3, -0.25) is 19.4 Å². The summed E-state index contributed by atoms with van der Waals surface area (Å²) in [7, 11) is 0. The first-order chi connectivity index (χ1) is 13.0. The van der Waals surface area contributed by atoms with Gasteiger partial charge in [0.05, 0.1) is 28.2 Å². The average molecular weight is 387 g/mol. The van der Waals surface area contributed by atoms with Gasteiger partial charge in [0.1, 0.15) is 5.82 Å². The molecule has 1 aromatic carbocycles. The second kappa shape index (κ2) is 7.26. The Morgan fingerprint density at radius 1 is 1.11 bits per heavy atom. The van der Waals surface area contributed by atoms with Crippen LogP contribution in [0.1, 0.15) is 64.9 Å². The molecule has 1 unspecified atom stereocenters. The molecule has 142 valence electrons. The molecule has 1 aliphatic heterocycles. The molecule has 8 heteroatoms. The molecule has 1 atom stereocenters. The van der Waals surface area contributed by atoms with E-state index in [2.05, 4.69) is 10.4 Å². The monoisotopic (exact) mass is 387 g/mol. The summed E-state index contributed by atoms with van der Waals surface area (Å²) < 4.78 is 1.85. The Labute approximate surface area is 160 Å². The molecule has 1 aliphatic carbocycles. The molecule has 7 nitrogen and oxygen atoms in total. The Bertz CT molecular complexity index is 925. The van der Waals surface area contributed by atoms with Gasteiger partial charge in [0.2, 0.25) is 5.91 Å². The fourth-order valence-electron chi connectivity index (χ4n) is 3.92. The zero-order chi connectivity index (χ0) is 19.0. The molecular formula is C19H21N3O4S. The number of nitrogens with one attached hydrogen (secondary N) is 2. The fourth-order valence-corrected chi connectivity index (χ4v) is 5.05. The highest BCUT2D eigenvalue weighted by molar-refractivity contribution is 8.00. The minimum atomic E-state index is -0.992. The number of thioether (sulfide) groups is 1. The number of anilines is 1. The number of nitrogens with zero attached hydrogens (tertiary/aromatic N) is 1. The number of fused-ring (bicyclic) bond motifs is 1. The third kappa shape index (κ3) is 3.41. The van der Waals surface area contributed by atoms with Gasteiger partial charge in [0, 0.05) is 0 Å². The van der Waals surface area contributed by atoms with E-state index in [0.717, 1.165) is 31.2 Å². The van der Waals surface area contributed by atoms with Crippen LogP contribution >= 0.6 is 11.8 Å². The fraction of sp³-hybridized carbons (Fsp3) is 0.421. The maximum atomic E-state index is 12.8. The van der Waals surface area contributed by atoms with Gasteiger partial charge in [-0.05, 0) is 30.5 Å². The second-order valence-electron chi connectivity index (χ2n) is 7.03. The number of hydrogen-bond donors (Lipinski definition) is 3. The summed E-state index contributed by atoms with van der Waals surface area (Å²) in [6.07, 6.45) is 5.39. The lowest BCUT2D eigenvalue weighted by Gasteiger charge is -2.24. The van der Waals surface area contributed by atoms with Crippen molar-refractivity contribution in [3.63, 3.8) is 0 Å². The SMILES string of the molecule is O=C1CSC(c2ccc(C(=O)O)cc2)c2c(n(C3CCCCC3)[nH]c2=O)N1. The normalized spacial score (nSPS) is 20.6. The molecule has 1 amide bonds. The number of aromatic amines is 1.